The molecule has 150 valence electrons. The van der Waals surface area contributed by atoms with E-state index in [-0.39, 0.29) is 23.5 Å². The number of rotatable bonds is 6. The summed E-state index contributed by atoms with van der Waals surface area (Å²) in [6.45, 7) is 7.95. The van der Waals surface area contributed by atoms with Crippen LogP contribution in [0.25, 0.3) is 11.1 Å². The van der Waals surface area contributed by atoms with Crippen LogP contribution in [0.4, 0.5) is 0 Å². The largest absolute Gasteiger partial charge is 0.491 e. The quantitative estimate of drug-likeness (QED) is 0.456. The van der Waals surface area contributed by atoms with Crippen LogP contribution in [0, 0.1) is 10.8 Å². The lowest BCUT2D eigenvalue weighted by atomic mass is 10.1. The summed E-state index contributed by atoms with van der Waals surface area (Å²) >= 11 is 0. The summed E-state index contributed by atoms with van der Waals surface area (Å²) in [5, 5.41) is 16.8. The van der Waals surface area contributed by atoms with Crippen LogP contribution >= 0.6 is 0 Å². The van der Waals surface area contributed by atoms with E-state index in [0.29, 0.717) is 0 Å². The molecule has 0 aliphatic rings. The van der Waals surface area contributed by atoms with E-state index in [4.69, 9.17) is 20.3 Å². The first-order chi connectivity index (χ1) is 13.8. The summed E-state index contributed by atoms with van der Waals surface area (Å²) in [6, 6.07) is 18.8. The highest BCUT2D eigenvalue weighted by molar-refractivity contribution is 5.98. The van der Waals surface area contributed by atoms with Gasteiger partial charge in [-0.25, -0.2) is 0 Å². The highest BCUT2D eigenvalue weighted by Crippen LogP contribution is 2.22. The van der Waals surface area contributed by atoms with Crippen LogP contribution in [0.15, 0.2) is 66.9 Å². The van der Waals surface area contributed by atoms with Crippen molar-refractivity contribution in [3.05, 3.63) is 77.9 Å². The fourth-order valence-corrected chi connectivity index (χ4v) is 2.96. The second-order valence-corrected chi connectivity index (χ2v) is 7.40. The Hall–Kier alpha value is -3.34. The third-order valence-corrected chi connectivity index (χ3v) is 4.25. The monoisotopic (exact) mass is 389 g/mol. The highest BCUT2D eigenvalue weighted by atomic mass is 16.5. The van der Waals surface area contributed by atoms with Crippen molar-refractivity contribution in [2.24, 2.45) is 0 Å². The number of hydrogen-bond acceptors (Lipinski definition) is 4. The lowest BCUT2D eigenvalue weighted by Crippen LogP contribution is -2.26. The first-order valence-electron chi connectivity index (χ1n) is 9.74. The summed E-state index contributed by atoms with van der Waals surface area (Å²) in [5.41, 5.74) is 2.91. The number of hydrogen-bond donors (Lipinski definition) is 2. The third-order valence-electron chi connectivity index (χ3n) is 4.25. The van der Waals surface area contributed by atoms with Gasteiger partial charge in [0, 0.05) is 11.8 Å². The smallest absolute Gasteiger partial charge is 0.137 e. The Balaban J connectivity index is 1.87. The van der Waals surface area contributed by atoms with Crippen LogP contribution in [0.3, 0.4) is 0 Å². The number of aromatic nitrogens is 1. The normalized spacial score (nSPS) is 11.0. The molecule has 5 heteroatoms. The molecule has 0 aliphatic carbocycles. The molecule has 0 bridgehead atoms. The number of pyridine rings is 1. The molecule has 0 amide bonds. The van der Waals surface area contributed by atoms with Crippen molar-refractivity contribution in [2.75, 3.05) is 0 Å². The zero-order chi connectivity index (χ0) is 21.0. The number of nitrogens with one attached hydrogen (secondary N) is 2. The fraction of sp³-hybridized carbons (Fsp3) is 0.250. The van der Waals surface area contributed by atoms with Gasteiger partial charge in [0.1, 0.15) is 22.8 Å². The fourth-order valence-electron chi connectivity index (χ4n) is 2.96. The van der Waals surface area contributed by atoms with Crippen molar-refractivity contribution in [1.29, 1.82) is 10.8 Å². The molecule has 0 aliphatic heterocycles. The summed E-state index contributed by atoms with van der Waals surface area (Å²) in [5.74, 6) is 1.84. The van der Waals surface area contributed by atoms with Crippen molar-refractivity contribution in [2.45, 2.75) is 39.9 Å². The maximum atomic E-state index is 8.58. The maximum absolute atomic E-state index is 8.58. The average molecular weight is 389 g/mol. The van der Waals surface area contributed by atoms with Gasteiger partial charge < -0.3 is 9.47 Å². The molecule has 1 aromatic heterocycles. The molecule has 29 heavy (non-hydrogen) atoms. The van der Waals surface area contributed by atoms with Crippen LogP contribution in [0.1, 0.15) is 33.3 Å². The first-order valence-corrected chi connectivity index (χ1v) is 9.74. The molecule has 1 heterocycles. The van der Waals surface area contributed by atoms with E-state index in [1.165, 1.54) is 0 Å². The molecular weight excluding hydrogens is 362 g/mol. The second kappa shape index (κ2) is 8.78. The minimum atomic E-state index is 0.100. The van der Waals surface area contributed by atoms with Gasteiger partial charge in [0.2, 0.25) is 0 Å². The van der Waals surface area contributed by atoms with Gasteiger partial charge in [0.05, 0.1) is 12.2 Å². The molecule has 0 atom stereocenters. The third kappa shape index (κ3) is 5.13. The lowest BCUT2D eigenvalue weighted by Gasteiger charge is -2.14. The van der Waals surface area contributed by atoms with Gasteiger partial charge in [-0.15, -0.1) is 0 Å². The highest BCUT2D eigenvalue weighted by Gasteiger charge is 2.08. The predicted molar refractivity (Wildman–Crippen MR) is 116 cm³/mol. The number of ether oxygens (including phenoxy) is 2. The summed E-state index contributed by atoms with van der Waals surface area (Å²) in [4.78, 5) is 0. The molecule has 3 rings (SSSR count). The molecule has 0 unspecified atom stereocenters. The van der Waals surface area contributed by atoms with Crippen LogP contribution in [-0.4, -0.2) is 22.6 Å². The Morgan fingerprint density at radius 2 is 1.21 bits per heavy atom. The van der Waals surface area contributed by atoms with Gasteiger partial charge >= 0.3 is 0 Å². The van der Waals surface area contributed by atoms with Crippen molar-refractivity contribution in [3.8, 4) is 22.6 Å². The van der Waals surface area contributed by atoms with Crippen molar-refractivity contribution >= 4 is 5.84 Å². The van der Waals surface area contributed by atoms with E-state index in [1.54, 1.807) is 10.6 Å². The number of benzene rings is 2. The summed E-state index contributed by atoms with van der Waals surface area (Å²) in [6.07, 6.45) is 2.05. The average Bonchev–Trinajstić information content (AvgIpc) is 2.68. The van der Waals surface area contributed by atoms with E-state index in [2.05, 4.69) is 0 Å². The van der Waals surface area contributed by atoms with E-state index < -0.39 is 0 Å². The minimum absolute atomic E-state index is 0.100. The molecule has 0 fully saturated rings. The van der Waals surface area contributed by atoms with E-state index in [9.17, 15) is 0 Å². The van der Waals surface area contributed by atoms with Crippen molar-refractivity contribution < 1.29 is 9.47 Å². The topological polar surface area (TPSA) is 71.1 Å². The van der Waals surface area contributed by atoms with Crippen LogP contribution in [0.2, 0.25) is 0 Å². The summed E-state index contributed by atoms with van der Waals surface area (Å²) < 4.78 is 12.9. The van der Waals surface area contributed by atoms with Crippen LogP contribution in [-0.2, 0) is 0 Å². The van der Waals surface area contributed by atoms with Crippen LogP contribution in [0.5, 0.6) is 11.5 Å². The van der Waals surface area contributed by atoms with E-state index >= 15 is 0 Å². The molecule has 5 nitrogen and oxygen atoms in total. The molecule has 0 saturated carbocycles. The summed E-state index contributed by atoms with van der Waals surface area (Å²) in [7, 11) is 0. The SMILES string of the molecule is CC(C)Oc1ccc(C(=N)n2cc(-c3ccc(OC(C)C)cc3)ccc2=N)cc1. The standard InChI is InChI=1S/C24H27N3O2/c1-16(2)28-21-10-5-18(6-11-21)20-9-14-23(25)27(15-20)24(26)19-7-12-22(13-8-19)29-17(3)4/h5-17,25-26H,1-4H3. The Bertz CT molecular complexity index is 1030. The molecule has 0 radical (unpaired) electrons. The Kier molecular flexibility index (Phi) is 6.17. The Morgan fingerprint density at radius 1 is 0.724 bits per heavy atom. The lowest BCUT2D eigenvalue weighted by molar-refractivity contribution is 0.242. The second-order valence-electron chi connectivity index (χ2n) is 7.40. The zero-order valence-electron chi connectivity index (χ0n) is 17.3. The van der Waals surface area contributed by atoms with Crippen molar-refractivity contribution in [1.82, 2.24) is 4.57 Å². The predicted octanol–water partition coefficient (Wildman–Crippen LogP) is 5.08. The molecule has 0 saturated heterocycles. The zero-order valence-corrected chi connectivity index (χ0v) is 17.3. The van der Waals surface area contributed by atoms with Gasteiger partial charge in [-0.05, 0) is 87.4 Å². The van der Waals surface area contributed by atoms with Gasteiger partial charge in [0.15, 0.2) is 0 Å². The van der Waals surface area contributed by atoms with Crippen molar-refractivity contribution in [3.63, 3.8) is 0 Å². The van der Waals surface area contributed by atoms with Gasteiger partial charge in [-0.2, -0.15) is 0 Å². The van der Waals surface area contributed by atoms with Gasteiger partial charge in [0.25, 0.3) is 0 Å². The van der Waals surface area contributed by atoms with E-state index in [0.717, 1.165) is 28.2 Å². The van der Waals surface area contributed by atoms with Gasteiger partial charge in [-0.1, -0.05) is 12.1 Å². The van der Waals surface area contributed by atoms with Gasteiger partial charge in [-0.3, -0.25) is 15.4 Å². The molecule has 3 aromatic rings. The molecule has 2 aromatic carbocycles. The van der Waals surface area contributed by atoms with E-state index in [1.807, 2.05) is 88.5 Å². The Morgan fingerprint density at radius 3 is 1.72 bits per heavy atom. The van der Waals surface area contributed by atoms with Crippen LogP contribution < -0.4 is 15.0 Å². The molecule has 2 N–H and O–H groups in total. The number of nitrogens with zero attached hydrogens (tertiary/aromatic N) is 1. The maximum Gasteiger partial charge on any atom is 0.137 e. The molecule has 0 spiro atoms. The molecular formula is C24H27N3O2. The first kappa shape index (κ1) is 20.4. The Labute approximate surface area is 171 Å². The minimum Gasteiger partial charge on any atom is -0.491 e.